The Hall–Kier alpha value is -1.88. The summed E-state index contributed by atoms with van der Waals surface area (Å²) in [7, 11) is 3.50. The van der Waals surface area contributed by atoms with Crippen molar-refractivity contribution in [2.45, 2.75) is 37.8 Å². The zero-order valence-corrected chi connectivity index (χ0v) is 12.9. The number of benzene rings is 1. The first kappa shape index (κ1) is 13.8. The van der Waals surface area contributed by atoms with Gasteiger partial charge in [-0.1, -0.05) is 0 Å². The number of hydrogen-bond donors (Lipinski definition) is 1. The van der Waals surface area contributed by atoms with Gasteiger partial charge < -0.3 is 10.1 Å². The fraction of sp³-hybridized carbons (Fsp3) is 0.471. The van der Waals surface area contributed by atoms with Gasteiger partial charge in [-0.05, 0) is 37.8 Å². The molecule has 1 aromatic heterocycles. The summed E-state index contributed by atoms with van der Waals surface area (Å²) in [5.74, 6) is 0.262. The van der Waals surface area contributed by atoms with Crippen LogP contribution in [0, 0.1) is 5.82 Å². The Bertz CT molecular complexity index is 725. The molecular formula is C17H20FN3O. The lowest BCUT2D eigenvalue weighted by Crippen LogP contribution is -2.42. The van der Waals surface area contributed by atoms with Gasteiger partial charge >= 0.3 is 0 Å². The van der Waals surface area contributed by atoms with E-state index >= 15 is 0 Å². The van der Waals surface area contributed by atoms with Crippen molar-refractivity contribution in [1.82, 2.24) is 15.1 Å². The Morgan fingerprint density at radius 3 is 3.00 bits per heavy atom. The summed E-state index contributed by atoms with van der Waals surface area (Å²) in [4.78, 5) is 0. The number of aryl methyl sites for hydroxylation is 1. The van der Waals surface area contributed by atoms with Gasteiger partial charge in [0.1, 0.15) is 11.6 Å². The molecule has 5 heteroatoms. The topological polar surface area (TPSA) is 39.1 Å². The van der Waals surface area contributed by atoms with Gasteiger partial charge in [0.15, 0.2) is 0 Å². The molecule has 3 heterocycles. The quantitative estimate of drug-likeness (QED) is 0.927. The summed E-state index contributed by atoms with van der Waals surface area (Å²) in [6.07, 6.45) is 4.55. The lowest BCUT2D eigenvalue weighted by molar-refractivity contribution is 0.297. The molecule has 1 aromatic carbocycles. The highest BCUT2D eigenvalue weighted by atomic mass is 19.1. The van der Waals surface area contributed by atoms with E-state index in [0.29, 0.717) is 17.8 Å². The van der Waals surface area contributed by atoms with Crippen LogP contribution in [-0.2, 0) is 13.5 Å². The van der Waals surface area contributed by atoms with E-state index < -0.39 is 0 Å². The molecule has 0 spiro atoms. The van der Waals surface area contributed by atoms with Crippen molar-refractivity contribution in [2.75, 3.05) is 7.11 Å². The number of rotatable bonds is 2. The second-order valence-electron chi connectivity index (χ2n) is 6.27. The third-order valence-electron chi connectivity index (χ3n) is 4.82. The molecular weight excluding hydrogens is 281 g/mol. The van der Waals surface area contributed by atoms with Gasteiger partial charge in [0.25, 0.3) is 0 Å². The summed E-state index contributed by atoms with van der Waals surface area (Å²) in [5, 5.41) is 8.38. The van der Waals surface area contributed by atoms with E-state index in [1.165, 1.54) is 24.5 Å². The van der Waals surface area contributed by atoms with Gasteiger partial charge in [0, 0.05) is 30.3 Å². The van der Waals surface area contributed by atoms with Gasteiger partial charge in [-0.25, -0.2) is 4.39 Å². The van der Waals surface area contributed by atoms with Crippen molar-refractivity contribution in [3.05, 3.63) is 35.3 Å². The molecule has 116 valence electrons. The Morgan fingerprint density at radius 1 is 1.32 bits per heavy atom. The van der Waals surface area contributed by atoms with Crippen LogP contribution in [0.2, 0.25) is 0 Å². The van der Waals surface area contributed by atoms with Gasteiger partial charge in [0.05, 0.1) is 24.5 Å². The van der Waals surface area contributed by atoms with Crippen LogP contribution in [0.15, 0.2) is 18.2 Å². The molecule has 1 fully saturated rings. The van der Waals surface area contributed by atoms with Gasteiger partial charge in [-0.3, -0.25) is 4.68 Å². The summed E-state index contributed by atoms with van der Waals surface area (Å²) < 4.78 is 21.0. The molecule has 4 nitrogen and oxygen atoms in total. The van der Waals surface area contributed by atoms with Crippen molar-refractivity contribution in [3.8, 4) is 17.0 Å². The average molecular weight is 301 g/mol. The van der Waals surface area contributed by atoms with Crippen molar-refractivity contribution in [3.63, 3.8) is 0 Å². The summed E-state index contributed by atoms with van der Waals surface area (Å²) in [5.41, 5.74) is 4.26. The highest BCUT2D eigenvalue weighted by Gasteiger charge is 2.34. The van der Waals surface area contributed by atoms with Crippen molar-refractivity contribution in [1.29, 1.82) is 0 Å². The SMILES string of the molecule is COc1cc(F)cc(-c2c3c(nn2C)C2CCCC(C3)N2)c1. The number of nitrogens with zero attached hydrogens (tertiary/aromatic N) is 2. The molecule has 2 aliphatic rings. The van der Waals surface area contributed by atoms with E-state index in [4.69, 9.17) is 9.84 Å². The summed E-state index contributed by atoms with van der Waals surface area (Å²) >= 11 is 0. The van der Waals surface area contributed by atoms with E-state index in [2.05, 4.69) is 5.32 Å². The molecule has 2 unspecified atom stereocenters. The largest absolute Gasteiger partial charge is 0.497 e. The Morgan fingerprint density at radius 2 is 2.18 bits per heavy atom. The maximum Gasteiger partial charge on any atom is 0.127 e. The number of aromatic nitrogens is 2. The number of halogens is 1. The van der Waals surface area contributed by atoms with E-state index in [1.54, 1.807) is 13.2 Å². The predicted molar refractivity (Wildman–Crippen MR) is 82.4 cm³/mol. The number of hydrogen-bond acceptors (Lipinski definition) is 3. The molecule has 2 atom stereocenters. The van der Waals surface area contributed by atoms with Crippen LogP contribution < -0.4 is 10.1 Å². The fourth-order valence-corrected chi connectivity index (χ4v) is 3.89. The molecule has 1 saturated heterocycles. The minimum atomic E-state index is -0.279. The average Bonchev–Trinajstić information content (AvgIpc) is 2.83. The monoisotopic (exact) mass is 301 g/mol. The molecule has 2 bridgehead atoms. The lowest BCUT2D eigenvalue weighted by atomic mass is 9.84. The maximum atomic E-state index is 13.9. The number of methoxy groups -OCH3 is 1. The Balaban J connectivity index is 1.86. The highest BCUT2D eigenvalue weighted by Crippen LogP contribution is 2.39. The maximum absolute atomic E-state index is 13.9. The molecule has 0 radical (unpaired) electrons. The van der Waals surface area contributed by atoms with Crippen LogP contribution in [-0.4, -0.2) is 22.9 Å². The second-order valence-corrected chi connectivity index (χ2v) is 6.27. The molecule has 4 rings (SSSR count). The third-order valence-corrected chi connectivity index (χ3v) is 4.82. The minimum Gasteiger partial charge on any atom is -0.497 e. The number of fused-ring (bicyclic) bond motifs is 4. The van der Waals surface area contributed by atoms with Gasteiger partial charge in [-0.2, -0.15) is 5.10 Å². The van der Waals surface area contributed by atoms with Crippen LogP contribution >= 0.6 is 0 Å². The standard InChI is InChI=1S/C17H20FN3O/c1-21-17(10-6-11(18)8-13(7-10)22-2)14-9-12-4-3-5-15(19-12)16(14)20-21/h6-8,12,15,19H,3-5,9H2,1-2H3. The molecule has 1 N–H and O–H groups in total. The molecule has 0 aliphatic carbocycles. The zero-order valence-electron chi connectivity index (χ0n) is 12.9. The summed E-state index contributed by atoms with van der Waals surface area (Å²) in [6, 6.07) is 5.72. The van der Waals surface area contributed by atoms with Crippen LogP contribution in [0.3, 0.4) is 0 Å². The van der Waals surface area contributed by atoms with Crippen LogP contribution in [0.1, 0.15) is 36.6 Å². The van der Waals surface area contributed by atoms with E-state index in [-0.39, 0.29) is 5.82 Å². The van der Waals surface area contributed by atoms with Crippen LogP contribution in [0.4, 0.5) is 4.39 Å². The number of piperidine rings is 1. The molecule has 2 aromatic rings. The van der Waals surface area contributed by atoms with Crippen molar-refractivity contribution < 1.29 is 9.13 Å². The molecule has 0 saturated carbocycles. The summed E-state index contributed by atoms with van der Waals surface area (Å²) in [6.45, 7) is 0. The van der Waals surface area contributed by atoms with Crippen molar-refractivity contribution in [2.24, 2.45) is 7.05 Å². The van der Waals surface area contributed by atoms with E-state index in [0.717, 1.165) is 29.8 Å². The smallest absolute Gasteiger partial charge is 0.127 e. The van der Waals surface area contributed by atoms with Crippen LogP contribution in [0.5, 0.6) is 5.75 Å². The predicted octanol–water partition coefficient (Wildman–Crippen LogP) is 2.97. The fourth-order valence-electron chi connectivity index (χ4n) is 3.89. The number of nitrogens with one attached hydrogen (secondary N) is 1. The third kappa shape index (κ3) is 2.11. The lowest BCUT2D eigenvalue weighted by Gasteiger charge is -2.35. The first-order valence-electron chi connectivity index (χ1n) is 7.82. The Kier molecular flexibility index (Phi) is 3.18. The zero-order chi connectivity index (χ0) is 15.3. The normalized spacial score (nSPS) is 23.2. The molecule has 2 aliphatic heterocycles. The number of ether oxygens (including phenoxy) is 1. The van der Waals surface area contributed by atoms with Crippen molar-refractivity contribution >= 4 is 0 Å². The Labute approximate surface area is 129 Å². The second kappa shape index (κ2) is 5.09. The van der Waals surface area contributed by atoms with Gasteiger partial charge in [0.2, 0.25) is 0 Å². The van der Waals surface area contributed by atoms with E-state index in [9.17, 15) is 4.39 Å². The van der Waals surface area contributed by atoms with Gasteiger partial charge in [-0.15, -0.1) is 0 Å². The molecule has 22 heavy (non-hydrogen) atoms. The van der Waals surface area contributed by atoms with E-state index in [1.807, 2.05) is 17.8 Å². The highest BCUT2D eigenvalue weighted by molar-refractivity contribution is 5.67. The molecule has 0 amide bonds. The first-order chi connectivity index (χ1) is 10.7. The van der Waals surface area contributed by atoms with Crippen LogP contribution in [0.25, 0.3) is 11.3 Å². The minimum absolute atomic E-state index is 0.279. The first-order valence-corrected chi connectivity index (χ1v) is 7.82.